The molecule has 160 valence electrons. The van der Waals surface area contributed by atoms with Crippen LogP contribution in [0, 0.1) is 0 Å². The van der Waals surface area contributed by atoms with Gasteiger partial charge in [-0.2, -0.15) is 5.10 Å². The first-order chi connectivity index (χ1) is 14.9. The first-order valence-electron chi connectivity index (χ1n) is 9.33. The fourth-order valence-corrected chi connectivity index (χ4v) is 3.89. The Kier molecular flexibility index (Phi) is 7.28. The normalized spacial score (nSPS) is 11.3. The number of rotatable bonds is 8. The molecule has 3 rings (SSSR count). The number of carbonyl (C=O) groups is 1. The predicted octanol–water partition coefficient (Wildman–Crippen LogP) is 4.30. The largest absolute Gasteiger partial charge is 0.493 e. The van der Waals surface area contributed by atoms with Gasteiger partial charge in [0.25, 0.3) is 15.9 Å². The van der Waals surface area contributed by atoms with Gasteiger partial charge in [0.15, 0.2) is 0 Å². The van der Waals surface area contributed by atoms with Crippen molar-refractivity contribution in [2.24, 2.45) is 5.10 Å². The van der Waals surface area contributed by atoms with Crippen LogP contribution in [-0.4, -0.2) is 27.1 Å². The molecule has 0 atom stereocenters. The first-order valence-corrected chi connectivity index (χ1v) is 11.2. The van der Waals surface area contributed by atoms with Gasteiger partial charge < -0.3 is 4.74 Å². The summed E-state index contributed by atoms with van der Waals surface area (Å²) in [5, 5.41) is 4.39. The molecule has 31 heavy (non-hydrogen) atoms. The number of nitrogens with zero attached hydrogens (tertiary/aromatic N) is 1. The van der Waals surface area contributed by atoms with Crippen molar-refractivity contribution in [3.63, 3.8) is 0 Å². The van der Waals surface area contributed by atoms with Gasteiger partial charge >= 0.3 is 0 Å². The van der Waals surface area contributed by atoms with Crippen LogP contribution in [0.15, 0.2) is 82.8 Å². The van der Waals surface area contributed by atoms with E-state index < -0.39 is 15.9 Å². The zero-order valence-corrected chi connectivity index (χ0v) is 18.2. The van der Waals surface area contributed by atoms with Crippen molar-refractivity contribution in [2.45, 2.75) is 11.8 Å². The fourth-order valence-electron chi connectivity index (χ4n) is 2.68. The molecule has 0 heterocycles. The highest BCUT2D eigenvalue weighted by Gasteiger charge is 2.18. The number of anilines is 1. The maximum Gasteiger partial charge on any atom is 0.273 e. The third kappa shape index (κ3) is 5.84. The molecule has 0 spiro atoms. The monoisotopic (exact) mass is 457 g/mol. The second-order valence-corrected chi connectivity index (χ2v) is 8.39. The Morgan fingerprint density at radius 3 is 2.45 bits per heavy atom. The van der Waals surface area contributed by atoms with E-state index in [4.69, 9.17) is 16.3 Å². The van der Waals surface area contributed by atoms with Gasteiger partial charge in [-0.05, 0) is 55.5 Å². The molecule has 3 aromatic rings. The van der Waals surface area contributed by atoms with Crippen molar-refractivity contribution in [3.05, 3.63) is 88.9 Å². The third-order valence-electron chi connectivity index (χ3n) is 4.13. The Hall–Kier alpha value is -3.36. The van der Waals surface area contributed by atoms with Crippen LogP contribution in [-0.2, 0) is 10.0 Å². The van der Waals surface area contributed by atoms with Crippen LogP contribution in [0.3, 0.4) is 0 Å². The molecule has 0 fully saturated rings. The number of ether oxygens (including phenoxy) is 1. The average molecular weight is 458 g/mol. The highest BCUT2D eigenvalue weighted by molar-refractivity contribution is 7.92. The van der Waals surface area contributed by atoms with Gasteiger partial charge in [0, 0.05) is 10.6 Å². The molecular formula is C22H20ClN3O4S. The summed E-state index contributed by atoms with van der Waals surface area (Å²) in [7, 11) is -3.91. The summed E-state index contributed by atoms with van der Waals surface area (Å²) in [6.07, 6.45) is 1.46. The summed E-state index contributed by atoms with van der Waals surface area (Å²) in [6.45, 7) is 2.37. The Morgan fingerprint density at radius 2 is 1.71 bits per heavy atom. The van der Waals surface area contributed by atoms with E-state index in [-0.39, 0.29) is 16.1 Å². The second-order valence-electron chi connectivity index (χ2n) is 6.27. The zero-order valence-electron chi connectivity index (χ0n) is 16.6. The lowest BCUT2D eigenvalue weighted by molar-refractivity contribution is 0.0956. The fraction of sp³-hybridized carbons (Fsp3) is 0.0909. The molecule has 0 saturated heterocycles. The Bertz CT molecular complexity index is 1200. The molecule has 0 aliphatic heterocycles. The van der Waals surface area contributed by atoms with E-state index in [1.807, 2.05) is 19.1 Å². The van der Waals surface area contributed by atoms with E-state index in [9.17, 15) is 13.2 Å². The van der Waals surface area contributed by atoms with Crippen molar-refractivity contribution >= 4 is 39.4 Å². The molecule has 7 nitrogen and oxygen atoms in total. The zero-order chi connectivity index (χ0) is 22.3. The highest BCUT2D eigenvalue weighted by atomic mass is 35.5. The quantitative estimate of drug-likeness (QED) is 0.389. The molecule has 0 aliphatic carbocycles. The van der Waals surface area contributed by atoms with Crippen LogP contribution in [0.25, 0.3) is 0 Å². The van der Waals surface area contributed by atoms with Crippen LogP contribution < -0.4 is 14.9 Å². The molecule has 1 amide bonds. The minimum atomic E-state index is -3.91. The number of hydrogen-bond acceptors (Lipinski definition) is 5. The summed E-state index contributed by atoms with van der Waals surface area (Å²) >= 11 is 5.82. The third-order valence-corrected chi connectivity index (χ3v) is 5.76. The lowest BCUT2D eigenvalue weighted by atomic mass is 10.2. The highest BCUT2D eigenvalue weighted by Crippen LogP contribution is 2.21. The van der Waals surface area contributed by atoms with Gasteiger partial charge in [-0.1, -0.05) is 35.9 Å². The predicted molar refractivity (Wildman–Crippen MR) is 121 cm³/mol. The Morgan fingerprint density at radius 1 is 1.03 bits per heavy atom. The number of sulfonamides is 1. The minimum absolute atomic E-state index is 0.0256. The SMILES string of the molecule is CCOc1ccccc1/C=N/NC(=O)c1ccccc1NS(=O)(=O)c1ccc(Cl)cc1. The van der Waals surface area contributed by atoms with Crippen LogP contribution in [0.4, 0.5) is 5.69 Å². The van der Waals surface area contributed by atoms with Gasteiger partial charge in [-0.3, -0.25) is 9.52 Å². The molecule has 0 unspecified atom stereocenters. The first kappa shape index (κ1) is 22.3. The topological polar surface area (TPSA) is 96.9 Å². The van der Waals surface area contributed by atoms with Crippen LogP contribution in [0.5, 0.6) is 5.75 Å². The van der Waals surface area contributed by atoms with Crippen molar-refractivity contribution in [1.82, 2.24) is 5.43 Å². The van der Waals surface area contributed by atoms with Crippen LogP contribution in [0.2, 0.25) is 5.02 Å². The summed E-state index contributed by atoms with van der Waals surface area (Å²) in [6, 6.07) is 19.2. The lowest BCUT2D eigenvalue weighted by Crippen LogP contribution is -2.21. The maximum absolute atomic E-state index is 12.7. The van der Waals surface area contributed by atoms with Gasteiger partial charge in [0.2, 0.25) is 0 Å². The smallest absolute Gasteiger partial charge is 0.273 e. The van der Waals surface area contributed by atoms with E-state index in [2.05, 4.69) is 15.2 Å². The standard InChI is InChI=1S/C22H20ClN3O4S/c1-2-30-21-10-6-3-7-16(21)15-24-25-22(27)19-8-4-5-9-20(19)26-31(28,29)18-13-11-17(23)12-14-18/h3-15,26H,2H2,1H3,(H,25,27)/b24-15+. The summed E-state index contributed by atoms with van der Waals surface area (Å²) in [4.78, 5) is 12.7. The molecule has 0 aromatic heterocycles. The number of para-hydroxylation sites is 2. The van der Waals surface area contributed by atoms with Crippen LogP contribution in [0.1, 0.15) is 22.8 Å². The molecule has 2 N–H and O–H groups in total. The number of halogens is 1. The van der Waals surface area contributed by atoms with E-state index >= 15 is 0 Å². The molecule has 9 heteroatoms. The summed E-state index contributed by atoms with van der Waals surface area (Å²) < 4.78 is 33.3. The number of amides is 1. The van der Waals surface area contributed by atoms with Crippen molar-refractivity contribution in [2.75, 3.05) is 11.3 Å². The van der Waals surface area contributed by atoms with Gasteiger partial charge in [0.1, 0.15) is 5.75 Å². The number of benzene rings is 3. The van der Waals surface area contributed by atoms with Gasteiger partial charge in [-0.25, -0.2) is 13.8 Å². The Labute approximate surface area is 185 Å². The van der Waals surface area contributed by atoms with E-state index in [1.54, 1.807) is 24.3 Å². The molecule has 3 aromatic carbocycles. The number of hydrogen-bond donors (Lipinski definition) is 2. The van der Waals surface area contributed by atoms with Crippen LogP contribution >= 0.6 is 11.6 Å². The molecule has 0 bridgehead atoms. The number of carbonyl (C=O) groups excluding carboxylic acids is 1. The van der Waals surface area contributed by atoms with Crippen molar-refractivity contribution < 1.29 is 17.9 Å². The Balaban J connectivity index is 1.77. The van der Waals surface area contributed by atoms with Crippen molar-refractivity contribution in [1.29, 1.82) is 0 Å². The summed E-state index contributed by atoms with van der Waals surface area (Å²) in [5.41, 5.74) is 3.35. The molecule has 0 aliphatic rings. The minimum Gasteiger partial charge on any atom is -0.493 e. The average Bonchev–Trinajstić information content (AvgIpc) is 2.75. The second kappa shape index (κ2) is 10.1. The van der Waals surface area contributed by atoms with Crippen molar-refractivity contribution in [3.8, 4) is 5.75 Å². The van der Waals surface area contributed by atoms with E-state index in [1.165, 1.54) is 42.6 Å². The lowest BCUT2D eigenvalue weighted by Gasteiger charge is -2.12. The van der Waals surface area contributed by atoms with Gasteiger partial charge in [-0.15, -0.1) is 0 Å². The van der Waals surface area contributed by atoms with E-state index in [0.29, 0.717) is 22.9 Å². The number of hydrazone groups is 1. The maximum atomic E-state index is 12.7. The number of nitrogens with one attached hydrogen (secondary N) is 2. The molecule has 0 radical (unpaired) electrons. The molecule has 0 saturated carbocycles. The summed E-state index contributed by atoms with van der Waals surface area (Å²) in [5.74, 6) is 0.0682. The molecular weight excluding hydrogens is 438 g/mol. The van der Waals surface area contributed by atoms with Gasteiger partial charge in [0.05, 0.1) is 29.0 Å². The van der Waals surface area contributed by atoms with E-state index in [0.717, 1.165) is 0 Å².